The zero-order valence-electron chi connectivity index (χ0n) is 11.9. The Bertz CT molecular complexity index is 600. The lowest BCUT2D eigenvalue weighted by Gasteiger charge is -2.34. The highest BCUT2D eigenvalue weighted by Crippen LogP contribution is 2.24. The average molecular weight is 308 g/mol. The highest BCUT2D eigenvalue weighted by molar-refractivity contribution is 6.30. The van der Waals surface area contributed by atoms with Crippen LogP contribution in [0.15, 0.2) is 28.7 Å². The van der Waals surface area contributed by atoms with Crippen LogP contribution in [0.5, 0.6) is 0 Å². The first kappa shape index (κ1) is 14.5. The maximum Gasteiger partial charge on any atom is 0.247 e. The molecule has 0 amide bonds. The Kier molecular flexibility index (Phi) is 3.97. The molecule has 2 heterocycles. The molecule has 0 radical (unpaired) electrons. The van der Waals surface area contributed by atoms with E-state index in [1.165, 1.54) is 0 Å². The lowest BCUT2D eigenvalue weighted by Crippen LogP contribution is -2.42. The van der Waals surface area contributed by atoms with Crippen LogP contribution in [0.25, 0.3) is 11.5 Å². The molecule has 5 nitrogen and oxygen atoms in total. The van der Waals surface area contributed by atoms with E-state index in [9.17, 15) is 5.11 Å². The minimum absolute atomic E-state index is 0.505. The van der Waals surface area contributed by atoms with Crippen molar-refractivity contribution in [1.82, 2.24) is 15.1 Å². The highest BCUT2D eigenvalue weighted by Gasteiger charge is 2.28. The molecular formula is C15H18ClN3O2. The van der Waals surface area contributed by atoms with Gasteiger partial charge in [-0.2, -0.15) is 0 Å². The molecule has 1 aliphatic rings. The van der Waals surface area contributed by atoms with Crippen LogP contribution in [0, 0.1) is 0 Å². The minimum Gasteiger partial charge on any atom is -0.419 e. The van der Waals surface area contributed by atoms with Crippen molar-refractivity contribution in [2.45, 2.75) is 31.9 Å². The number of likely N-dealkylation sites (tertiary alicyclic amines) is 1. The second-order valence-corrected chi connectivity index (χ2v) is 6.22. The summed E-state index contributed by atoms with van der Waals surface area (Å²) in [6.07, 6.45) is 1.54. The minimum atomic E-state index is -0.542. The molecule has 1 aromatic carbocycles. The van der Waals surface area contributed by atoms with E-state index in [0.717, 1.165) is 31.5 Å². The Balaban J connectivity index is 1.64. The van der Waals surface area contributed by atoms with E-state index in [1.807, 2.05) is 19.1 Å². The number of nitrogens with zero attached hydrogens (tertiary/aromatic N) is 3. The number of aromatic nitrogens is 2. The Morgan fingerprint density at radius 3 is 2.57 bits per heavy atom. The quantitative estimate of drug-likeness (QED) is 0.944. The fourth-order valence-electron chi connectivity index (χ4n) is 2.41. The third kappa shape index (κ3) is 3.61. The van der Waals surface area contributed by atoms with Gasteiger partial charge in [0.25, 0.3) is 0 Å². The summed E-state index contributed by atoms with van der Waals surface area (Å²) in [4.78, 5) is 2.22. The van der Waals surface area contributed by atoms with Gasteiger partial charge in [0.05, 0.1) is 12.1 Å². The Morgan fingerprint density at radius 1 is 1.24 bits per heavy atom. The van der Waals surface area contributed by atoms with E-state index in [1.54, 1.807) is 12.1 Å². The van der Waals surface area contributed by atoms with Gasteiger partial charge in [0, 0.05) is 23.7 Å². The molecule has 0 aliphatic carbocycles. The monoisotopic (exact) mass is 307 g/mol. The van der Waals surface area contributed by atoms with Gasteiger partial charge in [0.2, 0.25) is 11.8 Å². The maximum absolute atomic E-state index is 9.94. The highest BCUT2D eigenvalue weighted by atomic mass is 35.5. The second-order valence-electron chi connectivity index (χ2n) is 5.78. The second kappa shape index (κ2) is 5.75. The Morgan fingerprint density at radius 2 is 1.90 bits per heavy atom. The van der Waals surface area contributed by atoms with Crippen LogP contribution in [-0.2, 0) is 6.54 Å². The van der Waals surface area contributed by atoms with Gasteiger partial charge in [-0.05, 0) is 44.0 Å². The molecule has 21 heavy (non-hydrogen) atoms. The molecule has 2 aromatic rings. The number of hydrogen-bond donors (Lipinski definition) is 1. The molecule has 0 spiro atoms. The number of benzene rings is 1. The van der Waals surface area contributed by atoms with Crippen molar-refractivity contribution in [2.24, 2.45) is 0 Å². The van der Waals surface area contributed by atoms with Crippen molar-refractivity contribution in [3.8, 4) is 11.5 Å². The van der Waals surface area contributed by atoms with E-state index in [2.05, 4.69) is 15.1 Å². The summed E-state index contributed by atoms with van der Waals surface area (Å²) < 4.78 is 5.69. The maximum atomic E-state index is 9.94. The molecule has 1 saturated heterocycles. The molecule has 112 valence electrons. The van der Waals surface area contributed by atoms with Crippen LogP contribution in [0.2, 0.25) is 5.02 Å². The fraction of sp³-hybridized carbons (Fsp3) is 0.467. The lowest BCUT2D eigenvalue weighted by atomic mass is 9.94. The van der Waals surface area contributed by atoms with Gasteiger partial charge in [0.15, 0.2) is 0 Å². The van der Waals surface area contributed by atoms with Gasteiger partial charge in [-0.3, -0.25) is 4.90 Å². The third-order valence-electron chi connectivity index (χ3n) is 3.85. The Hall–Kier alpha value is -1.43. The predicted octanol–water partition coefficient (Wildman–Crippen LogP) is 2.74. The largest absolute Gasteiger partial charge is 0.419 e. The summed E-state index contributed by atoms with van der Waals surface area (Å²) in [5.41, 5.74) is 0.319. The van der Waals surface area contributed by atoms with Crippen molar-refractivity contribution >= 4 is 11.6 Å². The number of rotatable bonds is 3. The lowest BCUT2D eigenvalue weighted by molar-refractivity contribution is -0.00906. The molecule has 0 atom stereocenters. The van der Waals surface area contributed by atoms with Gasteiger partial charge in [-0.15, -0.1) is 10.2 Å². The SMILES string of the molecule is CC1(O)CCN(Cc2nnc(-c3ccc(Cl)cc3)o2)CC1. The van der Waals surface area contributed by atoms with Crippen molar-refractivity contribution < 1.29 is 9.52 Å². The van der Waals surface area contributed by atoms with Gasteiger partial charge >= 0.3 is 0 Å². The third-order valence-corrected chi connectivity index (χ3v) is 4.10. The van der Waals surface area contributed by atoms with Crippen LogP contribution in [0.4, 0.5) is 0 Å². The average Bonchev–Trinajstić information content (AvgIpc) is 2.91. The first-order valence-electron chi connectivity index (χ1n) is 7.05. The topological polar surface area (TPSA) is 62.4 Å². The van der Waals surface area contributed by atoms with Crippen LogP contribution < -0.4 is 0 Å². The van der Waals surface area contributed by atoms with E-state index in [0.29, 0.717) is 23.3 Å². The molecular weight excluding hydrogens is 290 g/mol. The number of halogens is 1. The summed E-state index contributed by atoms with van der Waals surface area (Å²) in [6, 6.07) is 7.32. The van der Waals surface area contributed by atoms with Crippen LogP contribution in [0.1, 0.15) is 25.7 Å². The first-order chi connectivity index (χ1) is 10.0. The van der Waals surface area contributed by atoms with Gasteiger partial charge in [-0.1, -0.05) is 11.6 Å². The van der Waals surface area contributed by atoms with E-state index >= 15 is 0 Å². The number of piperidine rings is 1. The number of hydrogen-bond acceptors (Lipinski definition) is 5. The van der Waals surface area contributed by atoms with E-state index < -0.39 is 5.60 Å². The van der Waals surface area contributed by atoms with Gasteiger partial charge < -0.3 is 9.52 Å². The summed E-state index contributed by atoms with van der Waals surface area (Å²) in [5.74, 6) is 1.10. The molecule has 1 aliphatic heterocycles. The van der Waals surface area contributed by atoms with Crippen LogP contribution >= 0.6 is 11.6 Å². The molecule has 0 unspecified atom stereocenters. The van der Waals surface area contributed by atoms with Gasteiger partial charge in [-0.25, -0.2) is 0 Å². The summed E-state index contributed by atoms with van der Waals surface area (Å²) in [7, 11) is 0. The number of aliphatic hydroxyl groups is 1. The van der Waals surface area contributed by atoms with Crippen molar-refractivity contribution in [3.05, 3.63) is 35.2 Å². The molecule has 1 fully saturated rings. The normalized spacial score (nSPS) is 18.8. The fourth-order valence-corrected chi connectivity index (χ4v) is 2.54. The zero-order chi connectivity index (χ0) is 14.9. The van der Waals surface area contributed by atoms with E-state index in [4.69, 9.17) is 16.0 Å². The van der Waals surface area contributed by atoms with Crippen LogP contribution in [-0.4, -0.2) is 38.9 Å². The molecule has 1 N–H and O–H groups in total. The van der Waals surface area contributed by atoms with E-state index in [-0.39, 0.29) is 0 Å². The molecule has 6 heteroatoms. The Labute approximate surface area is 128 Å². The summed E-state index contributed by atoms with van der Waals surface area (Å²) in [5, 5.41) is 18.8. The standard InChI is InChI=1S/C15H18ClN3O2/c1-15(20)6-8-19(9-7-15)10-13-17-18-14(21-13)11-2-4-12(16)5-3-11/h2-5,20H,6-10H2,1H3. The first-order valence-corrected chi connectivity index (χ1v) is 7.43. The zero-order valence-corrected chi connectivity index (χ0v) is 12.7. The van der Waals surface area contributed by atoms with Crippen molar-refractivity contribution in [2.75, 3.05) is 13.1 Å². The molecule has 1 aromatic heterocycles. The smallest absolute Gasteiger partial charge is 0.247 e. The molecule has 3 rings (SSSR count). The molecule has 0 saturated carbocycles. The van der Waals surface area contributed by atoms with Gasteiger partial charge in [0.1, 0.15) is 0 Å². The summed E-state index contributed by atoms with van der Waals surface area (Å²) in [6.45, 7) is 4.18. The van der Waals surface area contributed by atoms with Crippen molar-refractivity contribution in [1.29, 1.82) is 0 Å². The predicted molar refractivity (Wildman–Crippen MR) is 79.9 cm³/mol. The molecule has 0 bridgehead atoms. The summed E-state index contributed by atoms with van der Waals surface area (Å²) >= 11 is 5.86. The van der Waals surface area contributed by atoms with Crippen LogP contribution in [0.3, 0.4) is 0 Å². The van der Waals surface area contributed by atoms with Crippen molar-refractivity contribution in [3.63, 3.8) is 0 Å².